The number of hydrogen-bond acceptors (Lipinski definition) is 5. The van der Waals surface area contributed by atoms with Crippen molar-refractivity contribution in [1.82, 2.24) is 4.90 Å². The smallest absolute Gasteiger partial charge is 0.266 e. The van der Waals surface area contributed by atoms with E-state index in [0.717, 1.165) is 29.9 Å². The quantitative estimate of drug-likeness (QED) is 0.165. The predicted molar refractivity (Wildman–Crippen MR) is 137 cm³/mol. The van der Waals surface area contributed by atoms with Gasteiger partial charge in [-0.15, -0.1) is 6.58 Å². The van der Waals surface area contributed by atoms with Gasteiger partial charge in [0.05, 0.1) is 18.1 Å². The lowest BCUT2D eigenvalue weighted by molar-refractivity contribution is -0.121. The molecular formula is C26H29NO3S2. The monoisotopic (exact) mass is 467 g/mol. The van der Waals surface area contributed by atoms with Crippen molar-refractivity contribution in [1.29, 1.82) is 0 Å². The summed E-state index contributed by atoms with van der Waals surface area (Å²) in [6, 6.07) is 16.0. The van der Waals surface area contributed by atoms with Gasteiger partial charge in [-0.2, -0.15) is 0 Å². The Morgan fingerprint density at radius 1 is 1.12 bits per heavy atom. The van der Waals surface area contributed by atoms with Crippen molar-refractivity contribution in [2.45, 2.75) is 32.6 Å². The molecule has 1 amide bonds. The van der Waals surface area contributed by atoms with Gasteiger partial charge in [-0.25, -0.2) is 0 Å². The van der Waals surface area contributed by atoms with Crippen LogP contribution in [0.1, 0.15) is 43.7 Å². The fraction of sp³-hybridized carbons (Fsp3) is 0.308. The molecule has 2 aromatic carbocycles. The van der Waals surface area contributed by atoms with E-state index in [-0.39, 0.29) is 5.91 Å². The minimum Gasteiger partial charge on any atom is -0.493 e. The predicted octanol–water partition coefficient (Wildman–Crippen LogP) is 6.44. The molecule has 0 aliphatic carbocycles. The van der Waals surface area contributed by atoms with E-state index in [1.165, 1.54) is 17.3 Å². The number of ether oxygens (including phenoxy) is 2. The number of nitrogens with zero attached hydrogens (tertiary/aromatic N) is 1. The van der Waals surface area contributed by atoms with Gasteiger partial charge >= 0.3 is 0 Å². The van der Waals surface area contributed by atoms with E-state index in [9.17, 15) is 4.79 Å². The van der Waals surface area contributed by atoms with Crippen LogP contribution in [0.25, 0.3) is 6.08 Å². The van der Waals surface area contributed by atoms with Gasteiger partial charge in [0, 0.05) is 18.5 Å². The van der Waals surface area contributed by atoms with E-state index in [0.29, 0.717) is 34.9 Å². The first kappa shape index (κ1) is 24.1. The fourth-order valence-electron chi connectivity index (χ4n) is 3.22. The molecule has 2 aromatic rings. The second-order valence-electron chi connectivity index (χ2n) is 7.55. The lowest BCUT2D eigenvalue weighted by Crippen LogP contribution is -2.27. The third-order valence-electron chi connectivity index (χ3n) is 5.27. The number of thiocarbonyl (C=S) groups is 1. The van der Waals surface area contributed by atoms with Crippen LogP contribution < -0.4 is 9.47 Å². The third-order valence-corrected chi connectivity index (χ3v) is 6.65. The summed E-state index contributed by atoms with van der Waals surface area (Å²) in [7, 11) is 0. The summed E-state index contributed by atoms with van der Waals surface area (Å²) in [6.45, 7) is 9.62. The van der Waals surface area contributed by atoms with Crippen molar-refractivity contribution in [2.75, 3.05) is 19.8 Å². The number of amides is 1. The number of carbonyl (C=O) groups is 1. The second kappa shape index (κ2) is 11.9. The van der Waals surface area contributed by atoms with Crippen LogP contribution >= 0.6 is 24.0 Å². The lowest BCUT2D eigenvalue weighted by atomic mass is 9.99. The molecule has 0 radical (unpaired) electrons. The number of thioether (sulfide) groups is 1. The molecule has 4 nitrogen and oxygen atoms in total. The molecule has 168 valence electrons. The number of para-hydroxylation sites is 1. The number of carbonyl (C=O) groups excluding carboxylic acids is 1. The first-order valence-corrected chi connectivity index (χ1v) is 12.1. The van der Waals surface area contributed by atoms with Crippen molar-refractivity contribution < 1.29 is 14.3 Å². The summed E-state index contributed by atoms with van der Waals surface area (Å²) in [5, 5.41) is 0. The summed E-state index contributed by atoms with van der Waals surface area (Å²) >= 11 is 6.61. The van der Waals surface area contributed by atoms with Gasteiger partial charge in [0.2, 0.25) is 0 Å². The van der Waals surface area contributed by atoms with Gasteiger partial charge < -0.3 is 9.47 Å². The molecule has 1 unspecified atom stereocenters. The highest BCUT2D eigenvalue weighted by Crippen LogP contribution is 2.34. The minimum atomic E-state index is -0.0950. The van der Waals surface area contributed by atoms with Crippen LogP contribution in [0.15, 0.2) is 66.1 Å². The number of hydrogen-bond donors (Lipinski definition) is 0. The maximum Gasteiger partial charge on any atom is 0.266 e. The highest BCUT2D eigenvalue weighted by atomic mass is 32.2. The van der Waals surface area contributed by atoms with E-state index in [1.807, 2.05) is 42.5 Å². The van der Waals surface area contributed by atoms with Crippen molar-refractivity contribution >= 4 is 40.3 Å². The molecule has 6 heteroatoms. The zero-order chi connectivity index (χ0) is 22.9. The summed E-state index contributed by atoms with van der Waals surface area (Å²) in [5.41, 5.74) is 2.19. The van der Waals surface area contributed by atoms with Gasteiger partial charge in [0.1, 0.15) is 15.8 Å². The molecule has 0 bridgehead atoms. The molecule has 0 N–H and O–H groups in total. The molecule has 1 aliphatic rings. The van der Waals surface area contributed by atoms with Gasteiger partial charge in [-0.3, -0.25) is 9.69 Å². The number of rotatable bonds is 11. The molecule has 1 fully saturated rings. The maximum atomic E-state index is 12.6. The Morgan fingerprint density at radius 2 is 1.84 bits per heavy atom. The molecule has 0 aromatic heterocycles. The fourth-order valence-corrected chi connectivity index (χ4v) is 4.48. The van der Waals surface area contributed by atoms with E-state index >= 15 is 0 Å². The normalized spacial score (nSPS) is 15.8. The van der Waals surface area contributed by atoms with Crippen LogP contribution in [0.5, 0.6) is 11.5 Å². The summed E-state index contributed by atoms with van der Waals surface area (Å²) < 4.78 is 12.4. The second-order valence-corrected chi connectivity index (χ2v) is 9.22. The Bertz CT molecular complexity index is 985. The standard InChI is InChI=1S/C26H29NO3S2/c1-4-15-27-25(28)24(32-26(27)31)18-21-9-6-7-10-23(21)30-17-8-16-29-22-13-11-20(12-14-22)19(3)5-2/h4,6-7,9-14,18-19H,1,5,8,15-17H2,2-3H3. The van der Waals surface area contributed by atoms with E-state index in [4.69, 9.17) is 21.7 Å². The minimum absolute atomic E-state index is 0.0950. The van der Waals surface area contributed by atoms with Crippen LogP contribution in [0.4, 0.5) is 0 Å². The molecule has 1 heterocycles. The first-order chi connectivity index (χ1) is 15.5. The Labute approximate surface area is 200 Å². The Kier molecular flexibility index (Phi) is 8.94. The van der Waals surface area contributed by atoms with Gasteiger partial charge in [-0.05, 0) is 42.2 Å². The van der Waals surface area contributed by atoms with Crippen LogP contribution in [-0.4, -0.2) is 34.9 Å². The van der Waals surface area contributed by atoms with Gasteiger partial charge in [0.15, 0.2) is 0 Å². The Morgan fingerprint density at radius 3 is 2.56 bits per heavy atom. The molecule has 3 rings (SSSR count). The van der Waals surface area contributed by atoms with Crippen molar-refractivity contribution in [3.63, 3.8) is 0 Å². The average molecular weight is 468 g/mol. The molecule has 32 heavy (non-hydrogen) atoms. The third kappa shape index (κ3) is 6.24. The molecular weight excluding hydrogens is 438 g/mol. The zero-order valence-electron chi connectivity index (χ0n) is 18.6. The zero-order valence-corrected chi connectivity index (χ0v) is 20.2. The van der Waals surface area contributed by atoms with Crippen LogP contribution in [0.2, 0.25) is 0 Å². The summed E-state index contributed by atoms with van der Waals surface area (Å²) in [5.74, 6) is 2.08. The SMILES string of the molecule is C=CCN1C(=O)C(=Cc2ccccc2OCCCOc2ccc(C(C)CC)cc2)SC1=S. The van der Waals surface area contributed by atoms with Gasteiger partial charge in [0.25, 0.3) is 5.91 Å². The maximum absolute atomic E-state index is 12.6. The molecule has 1 aliphatic heterocycles. The molecule has 1 saturated heterocycles. The Hall–Kier alpha value is -2.57. The lowest BCUT2D eigenvalue weighted by Gasteiger charge is -2.12. The Balaban J connectivity index is 1.52. The highest BCUT2D eigenvalue weighted by molar-refractivity contribution is 8.26. The number of benzene rings is 2. The van der Waals surface area contributed by atoms with Crippen molar-refractivity contribution in [3.8, 4) is 11.5 Å². The molecule has 0 saturated carbocycles. The molecule has 1 atom stereocenters. The topological polar surface area (TPSA) is 38.8 Å². The van der Waals surface area contributed by atoms with E-state index < -0.39 is 0 Å². The van der Waals surface area contributed by atoms with Crippen LogP contribution in [-0.2, 0) is 4.79 Å². The van der Waals surface area contributed by atoms with Gasteiger partial charge in [-0.1, -0.05) is 74.2 Å². The van der Waals surface area contributed by atoms with E-state index in [1.54, 1.807) is 11.0 Å². The van der Waals surface area contributed by atoms with Crippen molar-refractivity contribution in [3.05, 3.63) is 77.2 Å². The van der Waals surface area contributed by atoms with E-state index in [2.05, 4.69) is 32.6 Å². The van der Waals surface area contributed by atoms with Crippen LogP contribution in [0, 0.1) is 0 Å². The van der Waals surface area contributed by atoms with Crippen LogP contribution in [0.3, 0.4) is 0 Å². The largest absolute Gasteiger partial charge is 0.493 e. The van der Waals surface area contributed by atoms with Crippen molar-refractivity contribution in [2.24, 2.45) is 0 Å². The summed E-state index contributed by atoms with van der Waals surface area (Å²) in [6.07, 6.45) is 5.39. The highest BCUT2D eigenvalue weighted by Gasteiger charge is 2.31. The summed E-state index contributed by atoms with van der Waals surface area (Å²) in [4.78, 5) is 14.7. The average Bonchev–Trinajstić information content (AvgIpc) is 3.07. The first-order valence-electron chi connectivity index (χ1n) is 10.8. The molecule has 0 spiro atoms.